The molecule has 3 aliphatic heterocycles. The van der Waals surface area contributed by atoms with Crippen LogP contribution in [0, 0.1) is 0 Å². The number of thiazole rings is 1. The van der Waals surface area contributed by atoms with Gasteiger partial charge in [-0.15, -0.1) is 27.9 Å². The first-order chi connectivity index (χ1) is 15.8. The summed E-state index contributed by atoms with van der Waals surface area (Å²) in [6.45, 7) is 3.61. The SMILES string of the molecule is CCC1(c2csc(N)n2)C(=O)NC(OC(C)=O)(C2=C(C(=O)O)N3C(=O)C[C@H]3SC2)P(C)(=O)N1O. The second-order valence-electron chi connectivity index (χ2n) is 8.01. The van der Waals surface area contributed by atoms with Gasteiger partial charge in [-0.2, -0.15) is 0 Å². The molecular weight excluding hydrogens is 509 g/mol. The van der Waals surface area contributed by atoms with Gasteiger partial charge in [-0.05, 0) is 6.42 Å². The van der Waals surface area contributed by atoms with Gasteiger partial charge in [0.1, 0.15) is 5.70 Å². The van der Waals surface area contributed by atoms with Crippen molar-refractivity contribution in [2.24, 2.45) is 0 Å². The van der Waals surface area contributed by atoms with Gasteiger partial charge in [0.25, 0.3) is 11.4 Å². The Bertz CT molecular complexity index is 1200. The maximum absolute atomic E-state index is 14.4. The van der Waals surface area contributed by atoms with Crippen LogP contribution in [-0.2, 0) is 34.0 Å². The summed E-state index contributed by atoms with van der Waals surface area (Å²) in [4.78, 5) is 55.7. The van der Waals surface area contributed by atoms with Gasteiger partial charge in [0.15, 0.2) is 10.7 Å². The Morgan fingerprint density at radius 2 is 2.12 bits per heavy atom. The van der Waals surface area contributed by atoms with Crippen molar-refractivity contribution in [2.45, 2.75) is 43.1 Å². The number of hydrogen-bond acceptors (Lipinski definition) is 11. The van der Waals surface area contributed by atoms with E-state index in [4.69, 9.17) is 10.5 Å². The molecule has 3 unspecified atom stereocenters. The zero-order valence-electron chi connectivity index (χ0n) is 18.3. The lowest BCUT2D eigenvalue weighted by Gasteiger charge is -2.54. The summed E-state index contributed by atoms with van der Waals surface area (Å²) in [5.41, 5.74) is 0.424. The Labute approximate surface area is 201 Å². The van der Waals surface area contributed by atoms with Gasteiger partial charge < -0.3 is 26.1 Å². The van der Waals surface area contributed by atoms with E-state index in [0.29, 0.717) is 4.83 Å². The first-order valence-electron chi connectivity index (χ1n) is 10.0. The number of aliphatic carboxylic acids is 1. The van der Waals surface area contributed by atoms with Crippen LogP contribution in [0.5, 0.6) is 0 Å². The van der Waals surface area contributed by atoms with Gasteiger partial charge in [0, 0.05) is 30.3 Å². The second-order valence-corrected chi connectivity index (χ2v) is 12.8. The van der Waals surface area contributed by atoms with Crippen molar-refractivity contribution in [3.05, 3.63) is 22.3 Å². The monoisotopic (exact) mass is 531 g/mol. The number of rotatable bonds is 5. The Morgan fingerprint density at radius 1 is 1.44 bits per heavy atom. The highest BCUT2D eigenvalue weighted by Crippen LogP contribution is 2.67. The molecule has 0 aromatic carbocycles. The summed E-state index contributed by atoms with van der Waals surface area (Å²) >= 11 is 2.17. The van der Waals surface area contributed by atoms with Gasteiger partial charge in [-0.1, -0.05) is 6.92 Å². The first kappa shape index (κ1) is 24.7. The number of amides is 2. The Balaban J connectivity index is 1.97. The number of hydroxylamine groups is 1. The standard InChI is InChI=1S/C18H22N5O8PS2/c1-4-17(10-7-34-16(19)20-10)15(28)21-18(31-8(2)24,32(3,30)23(17)29)9-6-33-12-5-11(25)22(12)13(9)14(26)27/h7,12,29H,4-6H2,1-3H3,(H2,19,20)(H,21,28)(H,26,27)/t12-,17?,18?,32?/m1/s1. The highest BCUT2D eigenvalue weighted by molar-refractivity contribution is 8.00. The number of esters is 1. The Kier molecular flexibility index (Phi) is 5.84. The predicted octanol–water partition coefficient (Wildman–Crippen LogP) is 0.920. The quantitative estimate of drug-likeness (QED) is 0.239. The Morgan fingerprint density at radius 3 is 2.62 bits per heavy atom. The molecular formula is C18H22N5O8PS2. The van der Waals surface area contributed by atoms with Crippen molar-refractivity contribution >= 4 is 59.3 Å². The van der Waals surface area contributed by atoms with Crippen molar-refractivity contribution in [1.29, 1.82) is 0 Å². The molecule has 0 radical (unpaired) electrons. The summed E-state index contributed by atoms with van der Waals surface area (Å²) in [5, 5.41) is 24.9. The van der Waals surface area contributed by atoms with Gasteiger partial charge >= 0.3 is 11.9 Å². The molecule has 1 aromatic heterocycles. The molecule has 0 bridgehead atoms. The number of carbonyl (C=O) groups excluding carboxylic acids is 3. The van der Waals surface area contributed by atoms with Crippen molar-refractivity contribution < 1.29 is 38.8 Å². The highest BCUT2D eigenvalue weighted by atomic mass is 32.2. The molecule has 2 fully saturated rings. The minimum atomic E-state index is -4.43. The van der Waals surface area contributed by atoms with Crippen LogP contribution in [0.1, 0.15) is 32.4 Å². The fourth-order valence-corrected chi connectivity index (χ4v) is 9.08. The van der Waals surface area contributed by atoms with Crippen molar-refractivity contribution in [2.75, 3.05) is 18.2 Å². The van der Waals surface area contributed by atoms with E-state index in [9.17, 15) is 34.1 Å². The maximum atomic E-state index is 14.4. The number of thioether (sulfide) groups is 1. The highest BCUT2D eigenvalue weighted by Gasteiger charge is 2.69. The maximum Gasteiger partial charge on any atom is 0.352 e. The molecule has 0 saturated carbocycles. The summed E-state index contributed by atoms with van der Waals surface area (Å²) in [7, 11) is -4.43. The number of nitrogen functional groups attached to an aromatic ring is 1. The lowest BCUT2D eigenvalue weighted by atomic mass is 9.92. The Hall–Kier alpha value is -2.45. The zero-order valence-corrected chi connectivity index (χ0v) is 20.8. The molecule has 5 N–H and O–H groups in total. The number of carboxylic acids is 1. The van der Waals surface area contributed by atoms with Gasteiger partial charge in [0.2, 0.25) is 13.2 Å². The van der Waals surface area contributed by atoms with Gasteiger partial charge in [-0.3, -0.25) is 23.8 Å². The van der Waals surface area contributed by atoms with Crippen LogP contribution in [0.3, 0.4) is 0 Å². The molecule has 16 heteroatoms. The molecule has 184 valence electrons. The van der Waals surface area contributed by atoms with Crippen LogP contribution in [0.15, 0.2) is 16.7 Å². The van der Waals surface area contributed by atoms with Crippen LogP contribution in [0.25, 0.3) is 0 Å². The number of carbonyl (C=O) groups is 4. The second kappa shape index (κ2) is 8.05. The van der Waals surface area contributed by atoms with Crippen LogP contribution >= 0.6 is 30.4 Å². The average Bonchev–Trinajstić information content (AvgIpc) is 3.17. The molecule has 13 nitrogen and oxygen atoms in total. The van der Waals surface area contributed by atoms with E-state index in [0.717, 1.165) is 29.8 Å². The van der Waals surface area contributed by atoms with E-state index in [2.05, 4.69) is 10.3 Å². The number of hydrogen-bond donors (Lipinski definition) is 4. The zero-order chi connectivity index (χ0) is 25.2. The number of anilines is 1. The summed E-state index contributed by atoms with van der Waals surface area (Å²) < 4.78 is 19.8. The molecule has 4 atom stereocenters. The predicted molar refractivity (Wildman–Crippen MR) is 121 cm³/mol. The van der Waals surface area contributed by atoms with E-state index in [-0.39, 0.29) is 35.0 Å². The molecule has 4 rings (SSSR count). The van der Waals surface area contributed by atoms with Crippen molar-refractivity contribution in [3.8, 4) is 0 Å². The molecule has 2 saturated heterocycles. The molecule has 1 aromatic rings. The number of aromatic nitrogens is 1. The molecule has 3 aliphatic rings. The van der Waals surface area contributed by atoms with Crippen molar-refractivity contribution in [3.63, 3.8) is 0 Å². The van der Waals surface area contributed by atoms with E-state index in [1.807, 2.05) is 0 Å². The molecule has 0 aliphatic carbocycles. The number of nitrogens with zero attached hydrogens (tertiary/aromatic N) is 3. The van der Waals surface area contributed by atoms with Crippen LogP contribution in [0.2, 0.25) is 0 Å². The van der Waals surface area contributed by atoms with Gasteiger partial charge in [0.05, 0.1) is 17.5 Å². The summed E-state index contributed by atoms with van der Waals surface area (Å²) in [6.07, 6.45) is 0.0144. The first-order valence-corrected chi connectivity index (χ1v) is 14.1. The largest absolute Gasteiger partial charge is 0.477 e. The lowest BCUT2D eigenvalue weighted by Crippen LogP contribution is -2.70. The van der Waals surface area contributed by atoms with Crippen LogP contribution in [0.4, 0.5) is 5.13 Å². The third-order valence-corrected chi connectivity index (χ3v) is 10.8. The molecule has 2 amide bonds. The number of carboxylic acid groups (broad SMARTS) is 1. The topological polar surface area (TPSA) is 192 Å². The summed E-state index contributed by atoms with van der Waals surface area (Å²) in [5.74, 6) is -4.07. The van der Waals surface area contributed by atoms with Crippen molar-refractivity contribution in [1.82, 2.24) is 20.0 Å². The fraction of sp³-hybridized carbons (Fsp3) is 0.500. The number of β-lactam (4-membered cyclic amide) rings is 1. The number of nitrogens with one attached hydrogen (secondary N) is 1. The smallest absolute Gasteiger partial charge is 0.352 e. The lowest BCUT2D eigenvalue weighted by molar-refractivity contribution is -0.175. The number of fused-ring (bicyclic) bond motifs is 1. The van der Waals surface area contributed by atoms with Gasteiger partial charge in [-0.25, -0.2) is 9.78 Å². The normalized spacial score (nSPS) is 33.8. The van der Waals surface area contributed by atoms with E-state index < -0.39 is 53.1 Å². The minimum absolute atomic E-state index is 0.0273. The molecule has 4 heterocycles. The number of nitrogens with two attached hydrogens (primary N) is 1. The summed E-state index contributed by atoms with van der Waals surface area (Å²) in [6, 6.07) is 0. The molecule has 34 heavy (non-hydrogen) atoms. The third kappa shape index (κ3) is 3.14. The van der Waals surface area contributed by atoms with Crippen LogP contribution in [-0.4, -0.2) is 72.0 Å². The van der Waals surface area contributed by atoms with Crippen LogP contribution < -0.4 is 11.1 Å². The average molecular weight is 532 g/mol. The van der Waals surface area contributed by atoms with E-state index in [1.54, 1.807) is 6.92 Å². The van der Waals surface area contributed by atoms with E-state index in [1.165, 1.54) is 17.1 Å². The van der Waals surface area contributed by atoms with E-state index >= 15 is 0 Å². The number of ether oxygens (including phenoxy) is 1. The molecule has 0 spiro atoms. The fourth-order valence-electron chi connectivity index (χ4n) is 4.47. The minimum Gasteiger partial charge on any atom is -0.477 e. The third-order valence-electron chi connectivity index (χ3n) is 6.16.